The van der Waals surface area contributed by atoms with E-state index in [9.17, 15) is 10.2 Å². The quantitative estimate of drug-likeness (QED) is 0.529. The molecule has 2 rings (SSSR count). The van der Waals surface area contributed by atoms with E-state index in [1.807, 2.05) is 6.07 Å². The molecule has 5 unspecified atom stereocenters. The number of fused-ring (bicyclic) bond motifs is 1. The van der Waals surface area contributed by atoms with Gasteiger partial charge in [-0.3, -0.25) is 0 Å². The molecule has 1 aromatic rings. The van der Waals surface area contributed by atoms with Gasteiger partial charge in [-0.25, -0.2) is 0 Å². The fourth-order valence-corrected chi connectivity index (χ4v) is 5.26. The van der Waals surface area contributed by atoms with Crippen molar-refractivity contribution in [3.63, 3.8) is 0 Å². The molecule has 1 aliphatic rings. The van der Waals surface area contributed by atoms with E-state index in [4.69, 9.17) is 4.74 Å². The van der Waals surface area contributed by atoms with Crippen LogP contribution in [0.1, 0.15) is 85.3 Å². The highest BCUT2D eigenvalue weighted by molar-refractivity contribution is 5.59. The molecule has 0 spiro atoms. The summed E-state index contributed by atoms with van der Waals surface area (Å²) in [4.78, 5) is 0. The number of aryl methyl sites for hydroxylation is 1. The van der Waals surface area contributed by atoms with Crippen molar-refractivity contribution in [2.75, 3.05) is 6.54 Å². The topological polar surface area (TPSA) is 61.7 Å². The fraction of sp³-hybridized carbons (Fsp3) is 0.750. The highest BCUT2D eigenvalue weighted by Gasteiger charge is 2.62. The van der Waals surface area contributed by atoms with Crippen molar-refractivity contribution in [2.24, 2.45) is 5.92 Å². The third-order valence-corrected chi connectivity index (χ3v) is 7.29. The minimum absolute atomic E-state index is 0.0953. The van der Waals surface area contributed by atoms with E-state index in [2.05, 4.69) is 53.8 Å². The van der Waals surface area contributed by atoms with Gasteiger partial charge in [-0.2, -0.15) is 0 Å². The normalized spacial score (nSPS) is 25.6. The average molecular weight is 392 g/mol. The van der Waals surface area contributed by atoms with Gasteiger partial charge in [0.2, 0.25) is 0 Å². The molecule has 160 valence electrons. The van der Waals surface area contributed by atoms with Gasteiger partial charge in [-0.1, -0.05) is 54.0 Å². The molecule has 3 N–H and O–H groups in total. The van der Waals surface area contributed by atoms with Crippen LogP contribution in [0.25, 0.3) is 0 Å². The average Bonchev–Trinajstić information content (AvgIpc) is 3.08. The second-order valence-corrected chi connectivity index (χ2v) is 8.56. The Kier molecular flexibility index (Phi) is 7.44. The number of aromatic hydroxyl groups is 1. The zero-order chi connectivity index (χ0) is 21.1. The molecule has 4 nitrogen and oxygen atoms in total. The summed E-state index contributed by atoms with van der Waals surface area (Å²) in [6.07, 6.45) is 3.95. The second kappa shape index (κ2) is 9.04. The lowest BCUT2D eigenvalue weighted by Gasteiger charge is -2.51. The van der Waals surface area contributed by atoms with E-state index in [0.717, 1.165) is 43.4 Å². The number of aliphatic hydroxyl groups is 1. The lowest BCUT2D eigenvalue weighted by Crippen LogP contribution is -2.65. The highest BCUT2D eigenvalue weighted by atomic mass is 16.5. The fourth-order valence-electron chi connectivity index (χ4n) is 5.26. The van der Waals surface area contributed by atoms with Gasteiger partial charge >= 0.3 is 0 Å². The molecule has 0 aliphatic carbocycles. The molecule has 1 aromatic carbocycles. The van der Waals surface area contributed by atoms with Gasteiger partial charge in [0.25, 0.3) is 0 Å². The molecule has 0 radical (unpaired) electrons. The van der Waals surface area contributed by atoms with Crippen LogP contribution in [0.3, 0.4) is 0 Å². The van der Waals surface area contributed by atoms with Gasteiger partial charge in [0.15, 0.2) is 11.5 Å². The van der Waals surface area contributed by atoms with Crippen LogP contribution in [-0.4, -0.2) is 34.5 Å². The Balaban J connectivity index is 2.64. The number of hydrogen-bond donors (Lipinski definition) is 3. The van der Waals surface area contributed by atoms with Crippen LogP contribution in [-0.2, 0) is 11.8 Å². The number of phenolic OH excluding ortho intramolecular Hbond substituents is 1. The van der Waals surface area contributed by atoms with E-state index in [1.165, 1.54) is 0 Å². The lowest BCUT2D eigenvalue weighted by molar-refractivity contribution is -0.101. The third-order valence-electron chi connectivity index (χ3n) is 7.29. The van der Waals surface area contributed by atoms with E-state index in [1.54, 1.807) is 6.07 Å². The second-order valence-electron chi connectivity index (χ2n) is 8.56. The number of rotatable bonds is 10. The summed E-state index contributed by atoms with van der Waals surface area (Å²) in [7, 11) is 0. The summed E-state index contributed by atoms with van der Waals surface area (Å²) in [6.45, 7) is 15.9. The molecule has 28 heavy (non-hydrogen) atoms. The zero-order valence-corrected chi connectivity index (χ0v) is 18.9. The number of phenols is 1. The first-order valence-corrected chi connectivity index (χ1v) is 11.2. The van der Waals surface area contributed by atoms with Gasteiger partial charge in [0, 0.05) is 11.6 Å². The van der Waals surface area contributed by atoms with Crippen LogP contribution in [0.15, 0.2) is 12.1 Å². The van der Waals surface area contributed by atoms with Crippen molar-refractivity contribution >= 4 is 0 Å². The number of ether oxygens (including phenoxy) is 1. The maximum Gasteiger partial charge on any atom is 0.165 e. The largest absolute Gasteiger partial charge is 0.504 e. The highest BCUT2D eigenvalue weighted by Crippen LogP contribution is 2.58. The summed E-state index contributed by atoms with van der Waals surface area (Å²) in [5, 5.41) is 26.4. The molecule has 1 aliphatic heterocycles. The minimum atomic E-state index is -0.987. The van der Waals surface area contributed by atoms with Gasteiger partial charge in [-0.05, 0) is 56.7 Å². The molecule has 5 atom stereocenters. The smallest absolute Gasteiger partial charge is 0.165 e. The van der Waals surface area contributed by atoms with Crippen LogP contribution < -0.4 is 10.1 Å². The van der Waals surface area contributed by atoms with Crippen molar-refractivity contribution in [1.82, 2.24) is 5.32 Å². The van der Waals surface area contributed by atoms with Gasteiger partial charge < -0.3 is 20.3 Å². The van der Waals surface area contributed by atoms with E-state index < -0.39 is 11.0 Å². The maximum atomic E-state index is 12.3. The molecule has 0 fully saturated rings. The van der Waals surface area contributed by atoms with E-state index in [-0.39, 0.29) is 17.9 Å². The van der Waals surface area contributed by atoms with Crippen LogP contribution in [0.5, 0.6) is 11.5 Å². The van der Waals surface area contributed by atoms with Crippen LogP contribution in [0.4, 0.5) is 0 Å². The predicted molar refractivity (Wildman–Crippen MR) is 116 cm³/mol. The SMILES string of the molecule is CCc1ccc(O)c2c1C(CC)(C(O)(CC)C(C)NCC(C)CC)C(CC)O2. The number of nitrogens with one attached hydrogen (secondary N) is 1. The maximum absolute atomic E-state index is 12.3. The summed E-state index contributed by atoms with van der Waals surface area (Å²) in [5.74, 6) is 1.32. The summed E-state index contributed by atoms with van der Waals surface area (Å²) in [5.41, 5.74) is 0.633. The van der Waals surface area contributed by atoms with Crippen molar-refractivity contribution in [2.45, 2.75) is 104 Å². The Morgan fingerprint density at radius 1 is 1.18 bits per heavy atom. The Bertz CT molecular complexity index is 661. The van der Waals surface area contributed by atoms with Crippen LogP contribution in [0.2, 0.25) is 0 Å². The monoisotopic (exact) mass is 391 g/mol. The van der Waals surface area contributed by atoms with Gasteiger partial charge in [0.05, 0.1) is 11.0 Å². The molecule has 0 saturated carbocycles. The first-order chi connectivity index (χ1) is 13.3. The Labute approximate surface area is 171 Å². The van der Waals surface area contributed by atoms with E-state index in [0.29, 0.717) is 18.1 Å². The molecular weight excluding hydrogens is 350 g/mol. The Hall–Kier alpha value is -1.26. The molecule has 0 aromatic heterocycles. The minimum Gasteiger partial charge on any atom is -0.504 e. The molecule has 4 heteroatoms. The molecule has 0 amide bonds. The van der Waals surface area contributed by atoms with Crippen LogP contribution >= 0.6 is 0 Å². The molecule has 0 saturated heterocycles. The first-order valence-electron chi connectivity index (χ1n) is 11.2. The molecule has 0 bridgehead atoms. The Morgan fingerprint density at radius 3 is 2.36 bits per heavy atom. The summed E-state index contributed by atoms with van der Waals surface area (Å²) < 4.78 is 6.34. The molecule has 1 heterocycles. The number of benzene rings is 1. The summed E-state index contributed by atoms with van der Waals surface area (Å²) >= 11 is 0. The van der Waals surface area contributed by atoms with Crippen molar-refractivity contribution in [3.05, 3.63) is 23.3 Å². The summed E-state index contributed by atoms with van der Waals surface area (Å²) in [6, 6.07) is 3.63. The van der Waals surface area contributed by atoms with Crippen LogP contribution in [0, 0.1) is 5.92 Å². The Morgan fingerprint density at radius 2 is 1.86 bits per heavy atom. The molecular formula is C24H41NO3. The zero-order valence-electron chi connectivity index (χ0n) is 18.9. The standard InChI is InChI=1S/C24H41NO3/c1-8-16(6)15-25-17(7)24(27,12-5)23(11-4)20(10-3)28-22-19(26)14-13-18(9-2)21(22)23/h13-14,16-17,20,25-27H,8-12,15H2,1-7H3. The number of hydrogen-bond acceptors (Lipinski definition) is 4. The lowest BCUT2D eigenvalue weighted by atomic mass is 9.58. The van der Waals surface area contributed by atoms with Gasteiger partial charge in [-0.15, -0.1) is 0 Å². The van der Waals surface area contributed by atoms with Gasteiger partial charge in [0.1, 0.15) is 6.10 Å². The van der Waals surface area contributed by atoms with Crippen molar-refractivity contribution < 1.29 is 14.9 Å². The third kappa shape index (κ3) is 3.43. The first kappa shape index (κ1) is 23.0. The van der Waals surface area contributed by atoms with Crippen molar-refractivity contribution in [3.8, 4) is 11.5 Å². The predicted octanol–water partition coefficient (Wildman–Crippen LogP) is 4.94. The van der Waals surface area contributed by atoms with E-state index >= 15 is 0 Å². The van der Waals surface area contributed by atoms with Crippen molar-refractivity contribution in [1.29, 1.82) is 0 Å².